The first-order valence-electron chi connectivity index (χ1n) is 8.74. The number of hydrogen-bond acceptors (Lipinski definition) is 5. The van der Waals surface area contributed by atoms with Crippen LogP contribution >= 0.6 is 0 Å². The average molecular weight is 397 g/mol. The molecule has 0 fully saturated rings. The highest BCUT2D eigenvalue weighted by Gasteiger charge is 2.18. The zero-order valence-electron chi connectivity index (χ0n) is 15.6. The third-order valence-corrected chi connectivity index (χ3v) is 4.36. The highest BCUT2D eigenvalue weighted by atomic mass is 19.1. The van der Waals surface area contributed by atoms with Gasteiger partial charge in [0.05, 0.1) is 23.0 Å². The summed E-state index contributed by atoms with van der Waals surface area (Å²) in [4.78, 5) is 16.5. The summed E-state index contributed by atoms with van der Waals surface area (Å²) >= 11 is 0. The molecule has 0 unspecified atom stereocenters. The Balaban J connectivity index is 1.71. The Morgan fingerprint density at radius 2 is 2.00 bits per heavy atom. The Morgan fingerprint density at radius 1 is 1.24 bits per heavy atom. The lowest BCUT2D eigenvalue weighted by Crippen LogP contribution is -2.13. The van der Waals surface area contributed by atoms with Crippen molar-refractivity contribution < 1.29 is 13.6 Å². The van der Waals surface area contributed by atoms with Gasteiger partial charge in [-0.25, -0.2) is 8.78 Å². The summed E-state index contributed by atoms with van der Waals surface area (Å²) in [5, 5.41) is 16.8. The van der Waals surface area contributed by atoms with Crippen molar-refractivity contribution in [2.45, 2.75) is 6.54 Å². The van der Waals surface area contributed by atoms with Crippen molar-refractivity contribution in [2.24, 2.45) is 7.05 Å². The van der Waals surface area contributed by atoms with Gasteiger partial charge in [0, 0.05) is 25.2 Å². The van der Waals surface area contributed by atoms with Crippen LogP contribution in [0.2, 0.25) is 0 Å². The van der Waals surface area contributed by atoms with Crippen molar-refractivity contribution in [2.75, 3.05) is 12.4 Å². The fourth-order valence-corrected chi connectivity index (χ4v) is 3.03. The van der Waals surface area contributed by atoms with Gasteiger partial charge in [-0.3, -0.25) is 19.6 Å². The number of carbonyl (C=O) groups is 1. The van der Waals surface area contributed by atoms with Crippen molar-refractivity contribution in [3.8, 4) is 11.3 Å². The largest absolute Gasteiger partial charge is 0.316 e. The molecule has 10 heteroatoms. The molecule has 3 heterocycles. The summed E-state index contributed by atoms with van der Waals surface area (Å²) in [6, 6.07) is 5.57. The van der Waals surface area contributed by atoms with Crippen molar-refractivity contribution in [3.63, 3.8) is 0 Å². The molecule has 0 bridgehead atoms. The van der Waals surface area contributed by atoms with Gasteiger partial charge in [-0.2, -0.15) is 10.2 Å². The van der Waals surface area contributed by atoms with Crippen LogP contribution in [0.5, 0.6) is 0 Å². The Morgan fingerprint density at radius 3 is 2.66 bits per heavy atom. The number of aryl methyl sites for hydroxylation is 1. The molecule has 0 atom stereocenters. The zero-order valence-corrected chi connectivity index (χ0v) is 15.6. The number of aromatic nitrogens is 5. The van der Waals surface area contributed by atoms with Crippen LogP contribution in [0.4, 0.5) is 14.6 Å². The summed E-state index contributed by atoms with van der Waals surface area (Å²) in [6.45, 7) is 0.339. The highest BCUT2D eigenvalue weighted by Crippen LogP contribution is 2.30. The second-order valence-corrected chi connectivity index (χ2v) is 6.48. The number of anilines is 1. The van der Waals surface area contributed by atoms with Crippen LogP contribution in [0.1, 0.15) is 16.1 Å². The molecular formula is C19H17F2N7O. The van der Waals surface area contributed by atoms with E-state index in [1.165, 1.54) is 29.1 Å². The lowest BCUT2D eigenvalue weighted by atomic mass is 10.1. The molecule has 4 aromatic rings. The number of aromatic amines is 1. The van der Waals surface area contributed by atoms with Crippen LogP contribution < -0.4 is 10.6 Å². The summed E-state index contributed by atoms with van der Waals surface area (Å²) in [6.07, 6.45) is 3.05. The van der Waals surface area contributed by atoms with Crippen molar-refractivity contribution >= 4 is 22.6 Å². The number of amides is 1. The van der Waals surface area contributed by atoms with Gasteiger partial charge in [0.25, 0.3) is 5.91 Å². The molecule has 0 saturated carbocycles. The molecule has 0 radical (unpaired) electrons. The van der Waals surface area contributed by atoms with Gasteiger partial charge in [-0.15, -0.1) is 0 Å². The van der Waals surface area contributed by atoms with Gasteiger partial charge in [-0.05, 0) is 36.9 Å². The van der Waals surface area contributed by atoms with E-state index in [9.17, 15) is 13.6 Å². The van der Waals surface area contributed by atoms with Crippen LogP contribution in [0.15, 0.2) is 36.7 Å². The summed E-state index contributed by atoms with van der Waals surface area (Å²) in [5.74, 6) is -1.67. The molecule has 29 heavy (non-hydrogen) atoms. The molecule has 0 aliphatic rings. The first-order chi connectivity index (χ1) is 14.0. The monoisotopic (exact) mass is 397 g/mol. The number of nitrogens with zero attached hydrogens (tertiary/aromatic N) is 4. The maximum absolute atomic E-state index is 14.6. The second kappa shape index (κ2) is 7.40. The first-order valence-corrected chi connectivity index (χ1v) is 8.74. The number of pyridine rings is 1. The number of carbonyl (C=O) groups excluding carboxylic acids is 1. The molecular weight excluding hydrogens is 380 g/mol. The molecule has 148 valence electrons. The van der Waals surface area contributed by atoms with Gasteiger partial charge in [0.2, 0.25) is 0 Å². The molecule has 0 aliphatic heterocycles. The smallest absolute Gasteiger partial charge is 0.277 e. The number of rotatable bonds is 5. The van der Waals surface area contributed by atoms with Gasteiger partial charge >= 0.3 is 0 Å². The van der Waals surface area contributed by atoms with E-state index in [0.717, 1.165) is 0 Å². The quantitative estimate of drug-likeness (QED) is 0.481. The van der Waals surface area contributed by atoms with Crippen LogP contribution in [-0.4, -0.2) is 37.9 Å². The zero-order chi connectivity index (χ0) is 20.5. The minimum absolute atomic E-state index is 0.0956. The van der Waals surface area contributed by atoms with E-state index in [1.807, 2.05) is 0 Å². The Kier molecular flexibility index (Phi) is 4.77. The Bertz CT molecular complexity index is 1190. The lowest BCUT2D eigenvalue weighted by Gasteiger charge is -2.08. The normalized spacial score (nSPS) is 11.2. The van der Waals surface area contributed by atoms with Crippen LogP contribution in [0.3, 0.4) is 0 Å². The minimum atomic E-state index is -0.718. The third kappa shape index (κ3) is 3.57. The lowest BCUT2D eigenvalue weighted by molar-refractivity contribution is 0.102. The van der Waals surface area contributed by atoms with E-state index < -0.39 is 17.5 Å². The third-order valence-electron chi connectivity index (χ3n) is 4.36. The SMILES string of the molecule is CNCc1cc(F)c(-c2cc3c(NC(=O)c4ccn(C)n4)n[nH]c3cn2)c(F)c1. The fourth-order valence-electron chi connectivity index (χ4n) is 3.03. The van der Waals surface area contributed by atoms with Gasteiger partial charge in [-0.1, -0.05) is 0 Å². The predicted octanol–water partition coefficient (Wildman–Crippen LogP) is 2.61. The van der Waals surface area contributed by atoms with E-state index in [1.54, 1.807) is 26.4 Å². The Labute approximate surface area is 164 Å². The molecule has 0 spiro atoms. The standard InChI is InChI=1S/C19H17F2N7O/c1-22-8-10-5-12(20)17(13(21)6-10)15-7-11-16(9-23-15)25-26-18(11)24-19(29)14-3-4-28(2)27-14/h3-7,9,22H,8H2,1-2H3,(H2,24,25,26,29). The van der Waals surface area contributed by atoms with Crippen LogP contribution in [0.25, 0.3) is 22.2 Å². The number of nitrogens with one attached hydrogen (secondary N) is 3. The number of hydrogen-bond donors (Lipinski definition) is 3. The van der Waals surface area contributed by atoms with Crippen LogP contribution in [-0.2, 0) is 13.6 Å². The maximum atomic E-state index is 14.6. The molecule has 1 aromatic carbocycles. The van der Waals surface area contributed by atoms with E-state index in [4.69, 9.17) is 0 Å². The molecule has 3 aromatic heterocycles. The van der Waals surface area contributed by atoms with E-state index in [0.29, 0.717) is 23.0 Å². The molecule has 1 amide bonds. The van der Waals surface area contributed by atoms with Gasteiger partial charge < -0.3 is 10.6 Å². The number of fused-ring (bicyclic) bond motifs is 1. The number of H-pyrrole nitrogens is 1. The van der Waals surface area contributed by atoms with E-state index >= 15 is 0 Å². The van der Waals surface area contributed by atoms with Crippen LogP contribution in [0, 0.1) is 11.6 Å². The molecule has 8 nitrogen and oxygen atoms in total. The van der Waals surface area contributed by atoms with Gasteiger partial charge in [0.1, 0.15) is 11.6 Å². The summed E-state index contributed by atoms with van der Waals surface area (Å²) in [7, 11) is 3.39. The number of halogens is 2. The molecule has 4 rings (SSSR count). The summed E-state index contributed by atoms with van der Waals surface area (Å²) < 4.78 is 30.6. The Hall–Kier alpha value is -3.66. The fraction of sp³-hybridized carbons (Fsp3) is 0.158. The van der Waals surface area contributed by atoms with Crippen molar-refractivity contribution in [1.29, 1.82) is 0 Å². The summed E-state index contributed by atoms with van der Waals surface area (Å²) in [5.41, 5.74) is 1.07. The van der Waals surface area contributed by atoms with Crippen molar-refractivity contribution in [3.05, 3.63) is 59.6 Å². The van der Waals surface area contributed by atoms with Crippen molar-refractivity contribution in [1.82, 2.24) is 30.3 Å². The predicted molar refractivity (Wildman–Crippen MR) is 103 cm³/mol. The molecule has 3 N–H and O–H groups in total. The van der Waals surface area contributed by atoms with E-state index in [2.05, 4.69) is 30.9 Å². The second-order valence-electron chi connectivity index (χ2n) is 6.48. The number of benzene rings is 1. The van der Waals surface area contributed by atoms with Gasteiger partial charge in [0.15, 0.2) is 11.5 Å². The minimum Gasteiger partial charge on any atom is -0.316 e. The first kappa shape index (κ1) is 18.7. The average Bonchev–Trinajstić information content (AvgIpc) is 3.28. The van der Waals surface area contributed by atoms with E-state index in [-0.39, 0.29) is 22.8 Å². The molecule has 0 saturated heterocycles. The maximum Gasteiger partial charge on any atom is 0.277 e. The molecule has 0 aliphatic carbocycles. The highest BCUT2D eigenvalue weighted by molar-refractivity contribution is 6.07. The topological polar surface area (TPSA) is 101 Å².